The van der Waals surface area contributed by atoms with Crippen LogP contribution in [0.2, 0.25) is 0 Å². The minimum absolute atomic E-state index is 0. The average molecular weight is 1160 g/mol. The van der Waals surface area contributed by atoms with Crippen molar-refractivity contribution in [2.45, 2.75) is 26.2 Å². The number of hydrogen-bond acceptors (Lipinski definition) is 2. The molecule has 13 aromatic rings. The summed E-state index contributed by atoms with van der Waals surface area (Å²) in [5, 5.41) is 3.50. The van der Waals surface area contributed by atoms with Crippen LogP contribution in [0.3, 0.4) is 0 Å². The van der Waals surface area contributed by atoms with E-state index >= 15 is 0 Å². The Kier molecular flexibility index (Phi) is 11.6. The molecule has 0 fully saturated rings. The standard InChI is InChI=1S/C70H48N4O.Pt/c1-70(2,3)51-41-60(47-22-8-5-9-23-47)68(61(42-51)50-27-16-26-49(40-50)46-20-6-4-7-21-46)73-45-72(62-34-12-13-35-63(62)73)52-28-19-29-53(43-52)75-54-37-38-58-64(44-54)74(65-36-14-15-39-71-65)69-57-31-11-10-30-55(57)56-32-17-24-48-25-18-33-59(66(48)56)67(58)69;/h4-42H,1-3H3;/q-2;. The molecule has 5 nitrogen and oxygen atoms in total. The van der Waals surface area contributed by atoms with Crippen LogP contribution in [0.25, 0.3) is 117 Å². The number of pyridine rings is 1. The first-order valence-corrected chi connectivity index (χ1v) is 25.5. The maximum absolute atomic E-state index is 6.85. The third kappa shape index (κ3) is 7.89. The molecule has 76 heavy (non-hydrogen) atoms. The van der Waals surface area contributed by atoms with Gasteiger partial charge < -0.3 is 13.9 Å². The van der Waals surface area contributed by atoms with E-state index in [0.29, 0.717) is 11.5 Å². The number of hydrogen-bond donors (Lipinski definition) is 0. The SMILES string of the molecule is CC(C)(C)c1cc(-c2ccccc2)c(-[n+]2[c-]n(-c3[c-]c(Oc4[c-]c5c(cc4)c4c(n5-c5ccccn5)-c5ccccc5-c5cccc6cccc-4c56)ccc3)c3ccccc32)c(-c2cccc(-c3ccccc3)c2)c1.[Pt]. The van der Waals surface area contributed by atoms with E-state index in [4.69, 9.17) is 9.72 Å². The molecular formula is C70H48N4OPt-2. The first-order valence-electron chi connectivity index (χ1n) is 25.5. The van der Waals surface area contributed by atoms with E-state index in [2.05, 4.69) is 253 Å². The Morgan fingerprint density at radius 2 is 1.13 bits per heavy atom. The average Bonchev–Trinajstić information content (AvgIpc) is 4.16. The summed E-state index contributed by atoms with van der Waals surface area (Å²) in [6.45, 7) is 6.87. The second-order valence-corrected chi connectivity index (χ2v) is 20.3. The molecule has 0 N–H and O–H groups in total. The fourth-order valence-electron chi connectivity index (χ4n) is 11.2. The van der Waals surface area contributed by atoms with Gasteiger partial charge in [0, 0.05) is 50.0 Å². The van der Waals surface area contributed by atoms with Crippen LogP contribution >= 0.6 is 0 Å². The minimum Gasteiger partial charge on any atom is -0.510 e. The van der Waals surface area contributed by atoms with Gasteiger partial charge in [0.25, 0.3) is 6.33 Å². The number of aromatic nitrogens is 4. The topological polar surface area (TPSA) is 35.9 Å². The quantitative estimate of drug-likeness (QED) is 0.112. The molecule has 3 aromatic heterocycles. The molecule has 10 aromatic carbocycles. The molecule has 366 valence electrons. The van der Waals surface area contributed by atoms with Gasteiger partial charge in [-0.1, -0.05) is 208 Å². The van der Waals surface area contributed by atoms with E-state index in [1.807, 2.05) is 36.5 Å². The van der Waals surface area contributed by atoms with Crippen LogP contribution in [-0.4, -0.2) is 14.1 Å². The molecule has 0 bridgehead atoms. The summed E-state index contributed by atoms with van der Waals surface area (Å²) < 4.78 is 13.4. The summed E-state index contributed by atoms with van der Waals surface area (Å²) in [5.41, 5.74) is 19.6. The molecule has 0 amide bonds. The molecule has 0 spiro atoms. The van der Waals surface area contributed by atoms with Crippen molar-refractivity contribution in [1.82, 2.24) is 14.1 Å². The van der Waals surface area contributed by atoms with Crippen molar-refractivity contribution >= 4 is 32.7 Å². The van der Waals surface area contributed by atoms with Crippen molar-refractivity contribution in [2.24, 2.45) is 0 Å². The Hall–Kier alpha value is -8.89. The monoisotopic (exact) mass is 1160 g/mol. The van der Waals surface area contributed by atoms with Crippen molar-refractivity contribution in [3.63, 3.8) is 0 Å². The van der Waals surface area contributed by atoms with Gasteiger partial charge in [-0.25, -0.2) is 4.98 Å². The maximum Gasteiger partial charge on any atom is 0.268 e. The van der Waals surface area contributed by atoms with Crippen LogP contribution in [-0.2, 0) is 26.5 Å². The van der Waals surface area contributed by atoms with Crippen molar-refractivity contribution in [3.8, 4) is 95.6 Å². The van der Waals surface area contributed by atoms with Crippen LogP contribution in [0, 0.1) is 18.5 Å². The van der Waals surface area contributed by atoms with Crippen molar-refractivity contribution in [1.29, 1.82) is 0 Å². The smallest absolute Gasteiger partial charge is 0.268 e. The van der Waals surface area contributed by atoms with Crippen LogP contribution in [0.4, 0.5) is 0 Å². The second-order valence-electron chi connectivity index (χ2n) is 20.3. The predicted octanol–water partition coefficient (Wildman–Crippen LogP) is 17.2. The van der Waals surface area contributed by atoms with Gasteiger partial charge >= 0.3 is 0 Å². The van der Waals surface area contributed by atoms with Crippen molar-refractivity contribution in [2.75, 3.05) is 0 Å². The Bertz CT molecular complexity index is 4350. The molecule has 3 heterocycles. The summed E-state index contributed by atoms with van der Waals surface area (Å²) in [6.07, 6.45) is 5.73. The van der Waals surface area contributed by atoms with Gasteiger partial charge in [0.15, 0.2) is 0 Å². The number of fused-ring (bicyclic) bond motifs is 8. The molecule has 1 aliphatic rings. The van der Waals surface area contributed by atoms with Gasteiger partial charge in [-0.15, -0.1) is 29.7 Å². The minimum atomic E-state index is -0.125. The van der Waals surface area contributed by atoms with Gasteiger partial charge in [0.2, 0.25) is 0 Å². The number of para-hydroxylation sites is 2. The third-order valence-electron chi connectivity index (χ3n) is 14.7. The first kappa shape index (κ1) is 46.9. The summed E-state index contributed by atoms with van der Waals surface area (Å²) in [6, 6.07) is 89.2. The molecule has 0 unspecified atom stereocenters. The molecular weight excluding hydrogens is 1110 g/mol. The first-order chi connectivity index (χ1) is 36.8. The normalized spacial score (nSPS) is 11.8. The zero-order valence-electron chi connectivity index (χ0n) is 42.0. The van der Waals surface area contributed by atoms with E-state index < -0.39 is 0 Å². The number of imidazole rings is 1. The third-order valence-corrected chi connectivity index (χ3v) is 14.7. The molecule has 0 saturated heterocycles. The summed E-state index contributed by atoms with van der Waals surface area (Å²) >= 11 is 0. The van der Waals surface area contributed by atoms with Crippen LogP contribution in [0.15, 0.2) is 237 Å². The van der Waals surface area contributed by atoms with Gasteiger partial charge in [0.05, 0.1) is 16.7 Å². The largest absolute Gasteiger partial charge is 0.510 e. The fraction of sp³-hybridized carbons (Fsp3) is 0.0571. The van der Waals surface area contributed by atoms with Crippen LogP contribution in [0.5, 0.6) is 11.5 Å². The Balaban J connectivity index is 0.00000553. The van der Waals surface area contributed by atoms with E-state index in [9.17, 15) is 0 Å². The van der Waals surface area contributed by atoms with Crippen molar-refractivity contribution in [3.05, 3.63) is 261 Å². The van der Waals surface area contributed by atoms with Crippen molar-refractivity contribution < 1.29 is 30.4 Å². The summed E-state index contributed by atoms with van der Waals surface area (Å²) in [7, 11) is 0. The van der Waals surface area contributed by atoms with E-state index in [-0.39, 0.29) is 26.5 Å². The number of ether oxygens (including phenoxy) is 1. The molecule has 14 rings (SSSR count). The van der Waals surface area contributed by atoms with Crippen LogP contribution in [0.1, 0.15) is 26.3 Å². The fourth-order valence-corrected chi connectivity index (χ4v) is 11.2. The van der Waals surface area contributed by atoms with E-state index in [0.717, 1.165) is 83.8 Å². The zero-order valence-corrected chi connectivity index (χ0v) is 44.3. The second kappa shape index (κ2) is 18.8. The Morgan fingerprint density at radius 3 is 1.91 bits per heavy atom. The molecule has 6 heteroatoms. The molecule has 0 saturated carbocycles. The molecule has 0 aliphatic heterocycles. The molecule has 1 aliphatic carbocycles. The Morgan fingerprint density at radius 1 is 0.500 bits per heavy atom. The number of benzene rings is 10. The number of nitrogens with zero attached hydrogens (tertiary/aromatic N) is 4. The Labute approximate surface area is 456 Å². The number of rotatable bonds is 8. The van der Waals surface area contributed by atoms with Gasteiger partial charge in [-0.3, -0.25) is 4.57 Å². The van der Waals surface area contributed by atoms with Gasteiger partial charge in [-0.05, 0) is 101 Å². The maximum atomic E-state index is 6.85. The van der Waals surface area contributed by atoms with Gasteiger partial charge in [-0.2, -0.15) is 18.2 Å². The zero-order chi connectivity index (χ0) is 50.2. The summed E-state index contributed by atoms with van der Waals surface area (Å²) in [5.74, 6) is 1.93. The molecule has 0 radical (unpaired) electrons. The molecule has 0 atom stereocenters. The van der Waals surface area contributed by atoms with E-state index in [1.54, 1.807) is 0 Å². The van der Waals surface area contributed by atoms with Crippen LogP contribution < -0.4 is 9.30 Å². The van der Waals surface area contributed by atoms with E-state index in [1.165, 1.54) is 38.6 Å². The predicted molar refractivity (Wildman–Crippen MR) is 305 cm³/mol. The summed E-state index contributed by atoms with van der Waals surface area (Å²) in [4.78, 5) is 4.95. The van der Waals surface area contributed by atoms with Gasteiger partial charge in [0.1, 0.15) is 5.82 Å².